The average Bonchev–Trinajstić information content (AvgIpc) is 2.75. The topological polar surface area (TPSA) is 80.9 Å². The van der Waals surface area contributed by atoms with Crippen LogP contribution in [-0.4, -0.2) is 31.3 Å². The lowest BCUT2D eigenvalue weighted by Gasteiger charge is -2.06. The number of aliphatic carboxylic acids is 1. The summed E-state index contributed by atoms with van der Waals surface area (Å²) in [6, 6.07) is 7.13. The summed E-state index contributed by atoms with van der Waals surface area (Å²) in [4.78, 5) is 12.2. The smallest absolute Gasteiger partial charge is 0.310 e. The first-order valence-electron chi connectivity index (χ1n) is 5.15. The number of carboxylic acids is 1. The molecular weight excluding hydrogens is 220 g/mol. The van der Waals surface area contributed by atoms with Crippen molar-refractivity contribution in [3.8, 4) is 11.4 Å². The fraction of sp³-hybridized carbons (Fsp3) is 0.273. The highest BCUT2D eigenvalue weighted by Gasteiger charge is 2.13. The minimum atomic E-state index is -0.838. The van der Waals surface area contributed by atoms with E-state index in [-0.39, 0.29) is 0 Å². The molecule has 1 atom stereocenters. The number of carboxylic acid groups (broad SMARTS) is 1. The van der Waals surface area contributed by atoms with Crippen molar-refractivity contribution in [1.29, 1.82) is 0 Å². The minimum absolute atomic E-state index is 0.515. The van der Waals surface area contributed by atoms with Gasteiger partial charge in [0.1, 0.15) is 0 Å². The van der Waals surface area contributed by atoms with E-state index in [9.17, 15) is 4.79 Å². The molecule has 0 spiro atoms. The zero-order valence-corrected chi connectivity index (χ0v) is 9.53. The SMILES string of the molecule is CC(C(=O)O)c1ccc(-c2nnn(C)n2)cc1. The van der Waals surface area contributed by atoms with E-state index in [1.807, 2.05) is 0 Å². The van der Waals surface area contributed by atoms with Crippen LogP contribution in [0.15, 0.2) is 24.3 Å². The summed E-state index contributed by atoms with van der Waals surface area (Å²) < 4.78 is 0. The molecule has 0 bridgehead atoms. The molecular formula is C11H12N4O2. The predicted molar refractivity (Wildman–Crippen MR) is 60.3 cm³/mol. The molecule has 2 rings (SSSR count). The van der Waals surface area contributed by atoms with E-state index in [1.165, 1.54) is 4.80 Å². The van der Waals surface area contributed by atoms with Gasteiger partial charge in [0.15, 0.2) is 0 Å². The molecule has 1 aromatic heterocycles. The quantitative estimate of drug-likeness (QED) is 0.855. The Bertz CT molecular complexity index is 533. The van der Waals surface area contributed by atoms with Gasteiger partial charge in [-0.05, 0) is 17.7 Å². The van der Waals surface area contributed by atoms with E-state index in [1.54, 1.807) is 38.2 Å². The van der Waals surface area contributed by atoms with Crippen LogP contribution in [0.2, 0.25) is 0 Å². The summed E-state index contributed by atoms with van der Waals surface area (Å²) in [5.41, 5.74) is 1.57. The third kappa shape index (κ3) is 2.30. The molecule has 0 aliphatic carbocycles. The van der Waals surface area contributed by atoms with Gasteiger partial charge < -0.3 is 5.11 Å². The normalized spacial score (nSPS) is 12.4. The predicted octanol–water partition coefficient (Wildman–Crippen LogP) is 1.07. The lowest BCUT2D eigenvalue weighted by Crippen LogP contribution is -2.06. The van der Waals surface area contributed by atoms with Crippen molar-refractivity contribution in [1.82, 2.24) is 20.2 Å². The maximum absolute atomic E-state index is 10.8. The number of aromatic nitrogens is 4. The summed E-state index contributed by atoms with van der Waals surface area (Å²) in [6.45, 7) is 1.65. The Morgan fingerprint density at radius 3 is 2.47 bits per heavy atom. The van der Waals surface area contributed by atoms with Crippen molar-refractivity contribution in [2.75, 3.05) is 0 Å². The van der Waals surface area contributed by atoms with Gasteiger partial charge in [-0.2, -0.15) is 4.80 Å². The van der Waals surface area contributed by atoms with Gasteiger partial charge in [0.25, 0.3) is 0 Å². The van der Waals surface area contributed by atoms with Crippen LogP contribution in [0.25, 0.3) is 11.4 Å². The molecule has 88 valence electrons. The molecule has 17 heavy (non-hydrogen) atoms. The second-order valence-electron chi connectivity index (χ2n) is 3.78. The monoisotopic (exact) mass is 232 g/mol. The van der Waals surface area contributed by atoms with Crippen LogP contribution in [0.4, 0.5) is 0 Å². The van der Waals surface area contributed by atoms with Gasteiger partial charge in [0, 0.05) is 5.56 Å². The van der Waals surface area contributed by atoms with Crippen LogP contribution in [0.5, 0.6) is 0 Å². The van der Waals surface area contributed by atoms with E-state index in [0.29, 0.717) is 5.82 Å². The number of benzene rings is 1. The summed E-state index contributed by atoms with van der Waals surface area (Å²) in [7, 11) is 1.69. The molecule has 6 nitrogen and oxygen atoms in total. The fourth-order valence-electron chi connectivity index (χ4n) is 1.46. The lowest BCUT2D eigenvalue weighted by atomic mass is 10.00. The summed E-state index contributed by atoms with van der Waals surface area (Å²) in [5, 5.41) is 20.6. The second kappa shape index (κ2) is 4.32. The molecule has 2 aromatic rings. The average molecular weight is 232 g/mol. The standard InChI is InChI=1S/C11H12N4O2/c1-7(11(16)17)8-3-5-9(6-4-8)10-12-14-15(2)13-10/h3-7H,1-2H3,(H,16,17). The molecule has 1 N–H and O–H groups in total. The van der Waals surface area contributed by atoms with Crippen LogP contribution >= 0.6 is 0 Å². The molecule has 0 aliphatic rings. The Morgan fingerprint density at radius 2 is 2.00 bits per heavy atom. The minimum Gasteiger partial charge on any atom is -0.481 e. The third-order valence-corrected chi connectivity index (χ3v) is 2.55. The van der Waals surface area contributed by atoms with Gasteiger partial charge in [-0.3, -0.25) is 4.79 Å². The van der Waals surface area contributed by atoms with Crippen molar-refractivity contribution >= 4 is 5.97 Å². The number of aryl methyl sites for hydroxylation is 1. The Kier molecular flexibility index (Phi) is 2.86. The van der Waals surface area contributed by atoms with Crippen molar-refractivity contribution in [2.24, 2.45) is 7.05 Å². The highest BCUT2D eigenvalue weighted by Crippen LogP contribution is 2.19. The lowest BCUT2D eigenvalue weighted by molar-refractivity contribution is -0.138. The molecule has 1 unspecified atom stereocenters. The first-order chi connectivity index (χ1) is 8.08. The van der Waals surface area contributed by atoms with Gasteiger partial charge in [0.05, 0.1) is 13.0 Å². The van der Waals surface area contributed by atoms with Crippen molar-refractivity contribution in [3.05, 3.63) is 29.8 Å². The number of rotatable bonds is 3. The van der Waals surface area contributed by atoms with Crippen molar-refractivity contribution in [2.45, 2.75) is 12.8 Å². The van der Waals surface area contributed by atoms with Gasteiger partial charge in [-0.1, -0.05) is 24.3 Å². The molecule has 6 heteroatoms. The second-order valence-corrected chi connectivity index (χ2v) is 3.78. The van der Waals surface area contributed by atoms with Crippen LogP contribution < -0.4 is 0 Å². The van der Waals surface area contributed by atoms with Crippen LogP contribution in [0.3, 0.4) is 0 Å². The summed E-state index contributed by atoms with van der Waals surface area (Å²) in [5.74, 6) is -0.823. The number of hydrogen-bond acceptors (Lipinski definition) is 4. The maximum atomic E-state index is 10.8. The van der Waals surface area contributed by atoms with E-state index >= 15 is 0 Å². The fourth-order valence-corrected chi connectivity index (χ4v) is 1.46. The van der Waals surface area contributed by atoms with E-state index in [0.717, 1.165) is 11.1 Å². The Labute approximate surface area is 97.9 Å². The molecule has 1 heterocycles. The molecule has 1 aromatic carbocycles. The first-order valence-corrected chi connectivity index (χ1v) is 5.15. The van der Waals surface area contributed by atoms with Gasteiger partial charge in [-0.25, -0.2) is 0 Å². The maximum Gasteiger partial charge on any atom is 0.310 e. The number of tetrazole rings is 1. The molecule has 0 fully saturated rings. The summed E-state index contributed by atoms with van der Waals surface area (Å²) >= 11 is 0. The van der Waals surface area contributed by atoms with Gasteiger partial charge in [0.2, 0.25) is 5.82 Å². The van der Waals surface area contributed by atoms with E-state index in [2.05, 4.69) is 15.4 Å². The summed E-state index contributed by atoms with van der Waals surface area (Å²) in [6.07, 6.45) is 0. The van der Waals surface area contributed by atoms with Gasteiger partial charge in [-0.15, -0.1) is 10.2 Å². The molecule has 0 amide bonds. The number of hydrogen-bond donors (Lipinski definition) is 1. The van der Waals surface area contributed by atoms with Crippen molar-refractivity contribution in [3.63, 3.8) is 0 Å². The highest BCUT2D eigenvalue weighted by atomic mass is 16.4. The number of carbonyl (C=O) groups is 1. The molecule has 0 saturated heterocycles. The zero-order valence-electron chi connectivity index (χ0n) is 9.53. The van der Waals surface area contributed by atoms with Crippen molar-refractivity contribution < 1.29 is 9.90 Å². The Morgan fingerprint density at radius 1 is 1.35 bits per heavy atom. The highest BCUT2D eigenvalue weighted by molar-refractivity contribution is 5.75. The molecule has 0 aliphatic heterocycles. The van der Waals surface area contributed by atoms with Gasteiger partial charge >= 0.3 is 5.97 Å². The molecule has 0 saturated carbocycles. The Hall–Kier alpha value is -2.24. The van der Waals surface area contributed by atoms with Crippen LogP contribution in [-0.2, 0) is 11.8 Å². The zero-order chi connectivity index (χ0) is 12.4. The number of nitrogens with zero attached hydrogens (tertiary/aromatic N) is 4. The molecule has 0 radical (unpaired) electrons. The third-order valence-electron chi connectivity index (χ3n) is 2.55. The largest absolute Gasteiger partial charge is 0.481 e. The van der Waals surface area contributed by atoms with E-state index in [4.69, 9.17) is 5.11 Å². The first kappa shape index (κ1) is 11.3. The Balaban J connectivity index is 2.27. The van der Waals surface area contributed by atoms with Crippen LogP contribution in [0.1, 0.15) is 18.4 Å². The van der Waals surface area contributed by atoms with E-state index < -0.39 is 11.9 Å². The van der Waals surface area contributed by atoms with Crippen LogP contribution in [0, 0.1) is 0 Å².